The second-order valence-corrected chi connectivity index (χ2v) is 3.52. The van der Waals surface area contributed by atoms with Gasteiger partial charge in [0.15, 0.2) is 22.0 Å². The fraction of sp³-hybridized carbons (Fsp3) is 0. The van der Waals surface area contributed by atoms with Gasteiger partial charge in [-0.15, -0.1) is 0 Å². The van der Waals surface area contributed by atoms with Crippen molar-refractivity contribution in [1.82, 2.24) is 0 Å². The van der Waals surface area contributed by atoms with Gasteiger partial charge in [0.2, 0.25) is 0 Å². The molecule has 88 valence electrons. The lowest BCUT2D eigenvalue weighted by molar-refractivity contribution is 0.0695. The smallest absolute Gasteiger partial charge is 0.478 e. The molecular formula is C7H7BBr2O6. The van der Waals surface area contributed by atoms with Gasteiger partial charge in [0.05, 0.1) is 4.47 Å². The Morgan fingerprint density at radius 1 is 1.31 bits per heavy atom. The molecule has 6 nitrogen and oxygen atoms in total. The molecule has 0 saturated carbocycles. The molecule has 0 aliphatic heterocycles. The molecule has 0 aliphatic rings. The van der Waals surface area contributed by atoms with E-state index in [4.69, 9.17) is 24.0 Å². The molecule has 1 aromatic rings. The van der Waals surface area contributed by atoms with Crippen LogP contribution < -0.4 is 3.83 Å². The average molecular weight is 358 g/mol. The molecule has 0 saturated heterocycles. The average Bonchev–Trinajstić information content (AvgIpc) is 2.16. The first kappa shape index (κ1) is 15.4. The molecule has 0 radical (unpaired) electrons. The van der Waals surface area contributed by atoms with E-state index in [0.717, 1.165) is 0 Å². The number of carboxylic acids is 1. The minimum atomic E-state index is -2.17. The Morgan fingerprint density at radius 3 is 2.12 bits per heavy atom. The van der Waals surface area contributed by atoms with E-state index >= 15 is 0 Å². The molecule has 0 spiro atoms. The summed E-state index contributed by atoms with van der Waals surface area (Å²) < 4.78 is 5.32. The highest BCUT2D eigenvalue weighted by atomic mass is 79.9. The van der Waals surface area contributed by atoms with E-state index in [1.54, 1.807) is 12.1 Å². The molecule has 16 heavy (non-hydrogen) atoms. The molecule has 0 heterocycles. The Labute approximate surface area is 108 Å². The van der Waals surface area contributed by atoms with Crippen molar-refractivity contribution < 1.29 is 28.8 Å². The molecule has 0 amide bonds. The van der Waals surface area contributed by atoms with Crippen LogP contribution in [-0.2, 0) is 0 Å². The van der Waals surface area contributed by atoms with Crippen molar-refractivity contribution in [2.24, 2.45) is 0 Å². The number of carbonyl (C=O) groups is 1. The Kier molecular flexibility index (Phi) is 7.34. The van der Waals surface area contributed by atoms with Crippen LogP contribution in [0.15, 0.2) is 22.7 Å². The van der Waals surface area contributed by atoms with Crippen molar-refractivity contribution in [3.63, 3.8) is 0 Å². The summed E-state index contributed by atoms with van der Waals surface area (Å²) in [6.45, 7) is 0. The molecule has 4 N–H and O–H groups in total. The zero-order valence-corrected chi connectivity index (χ0v) is 10.8. The highest BCUT2D eigenvalue weighted by Crippen LogP contribution is 2.30. The fourth-order valence-electron chi connectivity index (χ4n) is 0.756. The van der Waals surface area contributed by atoms with Gasteiger partial charge in [-0.2, -0.15) is 0 Å². The second-order valence-electron chi connectivity index (χ2n) is 2.35. The minimum Gasteiger partial charge on any atom is -0.478 e. The van der Waals surface area contributed by atoms with Crippen LogP contribution in [0.4, 0.5) is 0 Å². The summed E-state index contributed by atoms with van der Waals surface area (Å²) in [5.41, 5.74) is 0.112. The maximum Gasteiger partial charge on any atom is 0.631 e. The Balaban J connectivity index is 0.000000487. The van der Waals surface area contributed by atoms with Crippen LogP contribution in [0.3, 0.4) is 0 Å². The lowest BCUT2D eigenvalue weighted by Crippen LogP contribution is -2.07. The van der Waals surface area contributed by atoms with Crippen molar-refractivity contribution >= 4 is 45.5 Å². The van der Waals surface area contributed by atoms with E-state index in [2.05, 4.69) is 32.2 Å². The number of halogens is 2. The Morgan fingerprint density at radius 2 is 1.81 bits per heavy atom. The number of carboxylic acid groups (broad SMARTS) is 1. The van der Waals surface area contributed by atoms with Crippen molar-refractivity contribution in [3.05, 3.63) is 28.2 Å². The molecule has 9 heteroatoms. The normalized spacial score (nSPS) is 8.81. The predicted octanol–water partition coefficient (Wildman–Crippen LogP) is 0.784. The van der Waals surface area contributed by atoms with E-state index in [1.807, 2.05) is 0 Å². The maximum atomic E-state index is 10.6. The zero-order valence-electron chi connectivity index (χ0n) is 7.67. The zero-order chi connectivity index (χ0) is 12.7. The molecule has 0 atom stereocenters. The topological polar surface area (TPSA) is 107 Å². The van der Waals surface area contributed by atoms with Gasteiger partial charge in [-0.25, -0.2) is 4.79 Å². The summed E-state index contributed by atoms with van der Waals surface area (Å²) >= 11 is 5.89. The van der Waals surface area contributed by atoms with Crippen LogP contribution in [0.2, 0.25) is 0 Å². The largest absolute Gasteiger partial charge is 0.631 e. The van der Waals surface area contributed by atoms with Crippen LogP contribution in [0.1, 0.15) is 10.4 Å². The van der Waals surface area contributed by atoms with Gasteiger partial charge in [-0.3, -0.25) is 0 Å². The van der Waals surface area contributed by atoms with Crippen molar-refractivity contribution in [3.8, 4) is 5.75 Å². The first-order chi connectivity index (χ1) is 7.40. The quantitative estimate of drug-likeness (QED) is 0.583. The molecule has 0 bridgehead atoms. The molecule has 0 fully saturated rings. The number of hydrogen-bond donors (Lipinski definition) is 4. The number of rotatable bonds is 2. The van der Waals surface area contributed by atoms with Gasteiger partial charge < -0.3 is 24.0 Å². The summed E-state index contributed by atoms with van der Waals surface area (Å²) in [5.74, 6) is -0.754. The first-order valence-corrected chi connectivity index (χ1v) is 5.18. The van der Waals surface area contributed by atoms with E-state index < -0.39 is 13.3 Å². The summed E-state index contributed by atoms with van der Waals surface area (Å²) in [6, 6.07) is 4.79. The number of benzene rings is 1. The molecule has 0 unspecified atom stereocenters. The lowest BCUT2D eigenvalue weighted by atomic mass is 10.2. The third-order valence-electron chi connectivity index (χ3n) is 1.27. The summed E-state index contributed by atoms with van der Waals surface area (Å²) in [7, 11) is -2.17. The maximum absolute atomic E-state index is 10.6. The van der Waals surface area contributed by atoms with E-state index in [-0.39, 0.29) is 11.3 Å². The van der Waals surface area contributed by atoms with Crippen molar-refractivity contribution in [2.45, 2.75) is 0 Å². The third kappa shape index (κ3) is 5.47. The Bertz CT molecular complexity index is 356. The van der Waals surface area contributed by atoms with Gasteiger partial charge in [0.1, 0.15) is 5.56 Å². The third-order valence-corrected chi connectivity index (χ3v) is 2.22. The minimum absolute atomic E-state index is 0.112. The summed E-state index contributed by atoms with van der Waals surface area (Å²) in [6.07, 6.45) is 0. The first-order valence-electron chi connectivity index (χ1n) is 3.74. The predicted molar refractivity (Wildman–Crippen MR) is 63.1 cm³/mol. The molecule has 0 aliphatic carbocycles. The number of hydrogen-bond acceptors (Lipinski definition) is 5. The van der Waals surface area contributed by atoms with Gasteiger partial charge in [-0.05, 0) is 28.1 Å². The highest BCUT2D eigenvalue weighted by molar-refractivity contribution is 9.10. The van der Waals surface area contributed by atoms with E-state index in [1.165, 1.54) is 6.07 Å². The van der Waals surface area contributed by atoms with Gasteiger partial charge in [0.25, 0.3) is 0 Å². The van der Waals surface area contributed by atoms with Crippen LogP contribution in [0.25, 0.3) is 0 Å². The van der Waals surface area contributed by atoms with Crippen molar-refractivity contribution in [2.75, 3.05) is 0 Å². The van der Waals surface area contributed by atoms with E-state index in [9.17, 15) is 4.79 Å². The van der Waals surface area contributed by atoms with Crippen LogP contribution in [-0.4, -0.2) is 33.5 Å². The summed E-state index contributed by atoms with van der Waals surface area (Å²) in [4.78, 5) is 10.6. The Hall–Kier alpha value is -0.605. The van der Waals surface area contributed by atoms with Crippen LogP contribution in [0, 0.1) is 0 Å². The molecule has 1 aromatic carbocycles. The molecular weight excluding hydrogens is 351 g/mol. The second kappa shape index (κ2) is 7.63. The highest BCUT2D eigenvalue weighted by Gasteiger charge is 2.13. The lowest BCUT2D eigenvalue weighted by Gasteiger charge is -2.03. The van der Waals surface area contributed by atoms with Crippen LogP contribution >= 0.6 is 32.2 Å². The summed E-state index contributed by atoms with van der Waals surface area (Å²) in [5, 5.41) is 30.2. The standard InChI is InChI=1S/C7H4Br2O3.BH3O3/c8-5-3-1-2-4(7(10)11)6(5)12-9;2-1(3)4/h1-3H,(H,10,11);2-4H. The molecule has 1 rings (SSSR count). The van der Waals surface area contributed by atoms with E-state index in [0.29, 0.717) is 4.47 Å². The number of aromatic carboxylic acids is 1. The van der Waals surface area contributed by atoms with Gasteiger partial charge >= 0.3 is 13.3 Å². The van der Waals surface area contributed by atoms with Gasteiger partial charge in [-0.1, -0.05) is 6.07 Å². The van der Waals surface area contributed by atoms with Crippen LogP contribution in [0.5, 0.6) is 5.75 Å². The number of para-hydroxylation sites is 1. The molecule has 0 aromatic heterocycles. The fourth-order valence-corrected chi connectivity index (χ4v) is 1.77. The van der Waals surface area contributed by atoms with Gasteiger partial charge in [0, 0.05) is 0 Å². The monoisotopic (exact) mass is 356 g/mol. The SMILES string of the molecule is O=C(O)c1cccc(Br)c1OBr.OB(O)O. The van der Waals surface area contributed by atoms with Crippen molar-refractivity contribution in [1.29, 1.82) is 0 Å².